The Kier molecular flexibility index (Phi) is 6.30. The van der Waals surface area contributed by atoms with Crippen LogP contribution >= 0.6 is 0 Å². The molecule has 0 radical (unpaired) electrons. The van der Waals surface area contributed by atoms with Gasteiger partial charge in [-0.1, -0.05) is 0 Å². The number of fused-ring (bicyclic) bond motifs is 1. The molecule has 0 saturated carbocycles. The van der Waals surface area contributed by atoms with Crippen LogP contribution in [0.2, 0.25) is 0 Å². The maximum absolute atomic E-state index is 10.2. The van der Waals surface area contributed by atoms with Crippen molar-refractivity contribution >= 4 is 11.0 Å². The highest BCUT2D eigenvalue weighted by molar-refractivity contribution is 5.88. The van der Waals surface area contributed by atoms with Gasteiger partial charge in [0.05, 0.1) is 18.2 Å². The van der Waals surface area contributed by atoms with Gasteiger partial charge in [-0.25, -0.2) is 4.42 Å². The van der Waals surface area contributed by atoms with Crippen molar-refractivity contribution in [1.82, 2.24) is 0 Å². The molecular formula is C20H19ClO10. The summed E-state index contributed by atoms with van der Waals surface area (Å²) in [6.45, 7) is -0.543. The molecule has 11 heteroatoms. The van der Waals surface area contributed by atoms with E-state index in [4.69, 9.17) is 13.9 Å². The Bertz CT molecular complexity index is 1110. The monoisotopic (exact) mass is 454 g/mol. The van der Waals surface area contributed by atoms with Crippen LogP contribution in [0, 0.1) is 0 Å². The lowest BCUT2D eigenvalue weighted by Gasteiger charge is -2.16. The zero-order chi connectivity index (χ0) is 21.6. The molecule has 4 unspecified atom stereocenters. The van der Waals surface area contributed by atoms with Crippen LogP contribution in [0.5, 0.6) is 28.7 Å². The standard InChI is InChI=1S/C20H18O10.ClH/c21-7-16-17(26)18(27)20(30-16)29-15-6-10-12(24)4-9(22)5-14(10)28-19(15)8-1-2-11(23)13(25)3-8;/h1-6,16-18,20-21,26-27H,7H2,(H3-,22,23,24,25);1H. The fraction of sp³-hybridized carbons (Fsp3) is 0.250. The molecule has 1 aliphatic rings. The number of rotatable bonds is 4. The summed E-state index contributed by atoms with van der Waals surface area (Å²) in [5, 5.41) is 68.8. The van der Waals surface area contributed by atoms with E-state index in [1.165, 1.54) is 30.3 Å². The van der Waals surface area contributed by atoms with Crippen molar-refractivity contribution in [3.8, 4) is 40.1 Å². The highest BCUT2D eigenvalue weighted by Gasteiger charge is 2.45. The first kappa shape index (κ1) is 22.7. The Hall–Kier alpha value is -3.02. The van der Waals surface area contributed by atoms with Gasteiger partial charge in [-0.05, 0) is 12.1 Å². The smallest absolute Gasteiger partial charge is 0.402 e. The topological polar surface area (TPSA) is 171 Å². The van der Waals surface area contributed by atoms with E-state index in [1.807, 2.05) is 0 Å². The fourth-order valence-electron chi connectivity index (χ4n) is 3.23. The molecule has 1 aliphatic heterocycles. The second-order valence-corrected chi connectivity index (χ2v) is 6.84. The molecule has 7 N–H and O–H groups in total. The van der Waals surface area contributed by atoms with Crippen LogP contribution < -0.4 is 17.1 Å². The number of phenols is 4. The lowest BCUT2D eigenvalue weighted by molar-refractivity contribution is -0.116. The third-order valence-electron chi connectivity index (χ3n) is 4.80. The molecule has 4 rings (SSSR count). The Balaban J connectivity index is 0.00000272. The second kappa shape index (κ2) is 8.61. The molecule has 1 saturated heterocycles. The number of halogens is 1. The molecule has 10 nitrogen and oxygen atoms in total. The Morgan fingerprint density at radius 3 is 2.29 bits per heavy atom. The molecule has 1 fully saturated rings. The minimum Gasteiger partial charge on any atom is -1.00 e. The van der Waals surface area contributed by atoms with Crippen LogP contribution in [0.1, 0.15) is 0 Å². The van der Waals surface area contributed by atoms with Crippen LogP contribution in [-0.2, 0) is 4.74 Å². The van der Waals surface area contributed by atoms with Gasteiger partial charge in [-0.15, -0.1) is 0 Å². The van der Waals surface area contributed by atoms with Gasteiger partial charge >= 0.3 is 11.3 Å². The number of aliphatic hydroxyl groups excluding tert-OH is 3. The number of benzene rings is 2. The number of aliphatic hydroxyl groups is 3. The molecule has 0 bridgehead atoms. The summed E-state index contributed by atoms with van der Waals surface area (Å²) in [5.41, 5.74) is 0.348. The van der Waals surface area contributed by atoms with Gasteiger partial charge < -0.3 is 57.6 Å². The van der Waals surface area contributed by atoms with Crippen LogP contribution in [0.4, 0.5) is 0 Å². The average molecular weight is 455 g/mol. The van der Waals surface area contributed by atoms with Gasteiger partial charge in [0.25, 0.3) is 0 Å². The molecular weight excluding hydrogens is 436 g/mol. The van der Waals surface area contributed by atoms with E-state index in [1.54, 1.807) is 0 Å². The van der Waals surface area contributed by atoms with Crippen molar-refractivity contribution in [2.75, 3.05) is 6.61 Å². The summed E-state index contributed by atoms with van der Waals surface area (Å²) in [6, 6.07) is 7.57. The number of ether oxygens (including phenoxy) is 2. The van der Waals surface area contributed by atoms with Crippen LogP contribution in [0.25, 0.3) is 22.3 Å². The van der Waals surface area contributed by atoms with E-state index in [0.29, 0.717) is 0 Å². The minimum absolute atomic E-state index is 0. The molecule has 166 valence electrons. The first-order valence-electron chi connectivity index (χ1n) is 8.92. The second-order valence-electron chi connectivity index (χ2n) is 6.84. The van der Waals surface area contributed by atoms with E-state index in [-0.39, 0.29) is 57.7 Å². The van der Waals surface area contributed by atoms with E-state index < -0.39 is 37.0 Å². The molecule has 2 aromatic carbocycles. The van der Waals surface area contributed by atoms with Gasteiger partial charge in [0, 0.05) is 18.2 Å². The largest absolute Gasteiger partial charge is 1.00 e. The highest BCUT2D eigenvalue weighted by atomic mass is 35.5. The first-order valence-corrected chi connectivity index (χ1v) is 8.92. The third-order valence-corrected chi connectivity index (χ3v) is 4.80. The van der Waals surface area contributed by atoms with Crippen LogP contribution in [-0.4, -0.2) is 67.0 Å². The summed E-state index contributed by atoms with van der Waals surface area (Å²) in [5.74, 6) is -1.37. The fourth-order valence-corrected chi connectivity index (χ4v) is 3.23. The van der Waals surface area contributed by atoms with Gasteiger partial charge in [0.2, 0.25) is 12.0 Å². The Morgan fingerprint density at radius 2 is 1.65 bits per heavy atom. The molecule has 4 atom stereocenters. The summed E-state index contributed by atoms with van der Waals surface area (Å²) < 4.78 is 16.8. The van der Waals surface area contributed by atoms with Gasteiger partial charge in [0.15, 0.2) is 11.5 Å². The van der Waals surface area contributed by atoms with Crippen molar-refractivity contribution in [2.45, 2.75) is 24.6 Å². The quantitative estimate of drug-likeness (QED) is 0.173. The maximum atomic E-state index is 10.2. The first-order chi connectivity index (χ1) is 14.3. The lowest BCUT2D eigenvalue weighted by atomic mass is 10.1. The SMILES string of the molecule is OCC1OC(Oc2cc3c(O)cc(O)cc3[o+]c2-c2ccc(O)c(O)c2)C(O)C1O.[Cl-]. The summed E-state index contributed by atoms with van der Waals surface area (Å²) >= 11 is 0. The average Bonchev–Trinajstić information content (AvgIpc) is 2.98. The van der Waals surface area contributed by atoms with E-state index in [0.717, 1.165) is 6.07 Å². The predicted octanol–water partition coefficient (Wildman–Crippen LogP) is -1.97. The predicted molar refractivity (Wildman–Crippen MR) is 101 cm³/mol. The van der Waals surface area contributed by atoms with Gasteiger partial charge in [-0.2, -0.15) is 0 Å². The number of hydrogen-bond donors (Lipinski definition) is 7. The molecule has 0 amide bonds. The Morgan fingerprint density at radius 1 is 0.903 bits per heavy atom. The molecule has 3 aromatic rings. The summed E-state index contributed by atoms with van der Waals surface area (Å²) in [7, 11) is 0. The van der Waals surface area contributed by atoms with Crippen LogP contribution in [0.15, 0.2) is 40.8 Å². The summed E-state index contributed by atoms with van der Waals surface area (Å²) in [6.07, 6.45) is -5.29. The van der Waals surface area contributed by atoms with Crippen LogP contribution in [0.3, 0.4) is 0 Å². The molecule has 0 aliphatic carbocycles. The zero-order valence-corrected chi connectivity index (χ0v) is 16.5. The molecule has 2 heterocycles. The lowest BCUT2D eigenvalue weighted by Crippen LogP contribution is -3.00. The number of aromatic hydroxyl groups is 4. The molecule has 1 aromatic heterocycles. The van der Waals surface area contributed by atoms with Gasteiger partial charge in [0.1, 0.15) is 35.2 Å². The minimum atomic E-state index is -1.48. The summed E-state index contributed by atoms with van der Waals surface area (Å²) in [4.78, 5) is 0. The van der Waals surface area contributed by atoms with Crippen molar-refractivity contribution in [3.05, 3.63) is 36.4 Å². The Labute approximate surface area is 181 Å². The highest BCUT2D eigenvalue weighted by Crippen LogP contribution is 2.42. The normalized spacial score (nSPS) is 22.9. The molecule has 0 spiro atoms. The van der Waals surface area contributed by atoms with Crippen molar-refractivity contribution in [1.29, 1.82) is 0 Å². The van der Waals surface area contributed by atoms with Gasteiger partial charge in [-0.3, -0.25) is 0 Å². The third kappa shape index (κ3) is 4.11. The van der Waals surface area contributed by atoms with E-state index in [2.05, 4.69) is 0 Å². The number of hydrogen-bond acceptors (Lipinski definition) is 9. The van der Waals surface area contributed by atoms with Crippen molar-refractivity contribution in [2.24, 2.45) is 0 Å². The maximum Gasteiger partial charge on any atom is 0.402 e. The number of phenolic OH excluding ortho intramolecular Hbond substituents is 4. The van der Waals surface area contributed by atoms with Crippen molar-refractivity contribution in [3.63, 3.8) is 0 Å². The van der Waals surface area contributed by atoms with Crippen molar-refractivity contribution < 1.29 is 62.0 Å². The van der Waals surface area contributed by atoms with E-state index in [9.17, 15) is 35.7 Å². The molecule has 31 heavy (non-hydrogen) atoms. The zero-order valence-electron chi connectivity index (χ0n) is 15.7. The van der Waals surface area contributed by atoms with E-state index >= 15 is 0 Å².